The van der Waals surface area contributed by atoms with Crippen LogP contribution in [0.25, 0.3) is 0 Å². The lowest BCUT2D eigenvalue weighted by Gasteiger charge is -2.17. The summed E-state index contributed by atoms with van der Waals surface area (Å²) in [5.74, 6) is -1.83. The van der Waals surface area contributed by atoms with Gasteiger partial charge in [0.1, 0.15) is 11.0 Å². The fourth-order valence-electron chi connectivity index (χ4n) is 1.57. The van der Waals surface area contributed by atoms with Crippen LogP contribution < -0.4 is 16.4 Å². The van der Waals surface area contributed by atoms with E-state index in [1.54, 1.807) is 13.1 Å². The summed E-state index contributed by atoms with van der Waals surface area (Å²) in [6.45, 7) is 3.65. The third-order valence-corrected chi connectivity index (χ3v) is 3.74. The van der Waals surface area contributed by atoms with Crippen molar-refractivity contribution in [2.24, 2.45) is 5.73 Å². The molecular formula is C12H18N4O4S. The van der Waals surface area contributed by atoms with Gasteiger partial charge in [-0.1, -0.05) is 0 Å². The molecular weight excluding hydrogens is 296 g/mol. The maximum atomic E-state index is 11.8. The molecule has 0 bridgehead atoms. The van der Waals surface area contributed by atoms with E-state index in [0.717, 1.165) is 9.88 Å². The summed E-state index contributed by atoms with van der Waals surface area (Å²) in [7, 11) is 0. The number of hydrogen-bond acceptors (Lipinski definition) is 5. The summed E-state index contributed by atoms with van der Waals surface area (Å²) < 4.78 is 0. The predicted octanol–water partition coefficient (Wildman–Crippen LogP) is 0.530. The third-order valence-electron chi connectivity index (χ3n) is 2.64. The van der Waals surface area contributed by atoms with Crippen molar-refractivity contribution in [3.8, 4) is 0 Å². The van der Waals surface area contributed by atoms with E-state index < -0.39 is 23.9 Å². The number of amides is 3. The smallest absolute Gasteiger partial charge is 0.326 e. The molecule has 0 aliphatic heterocycles. The molecule has 8 nitrogen and oxygen atoms in total. The molecule has 2 atom stereocenters. The van der Waals surface area contributed by atoms with Gasteiger partial charge in [-0.15, -0.1) is 11.3 Å². The molecule has 1 heterocycles. The van der Waals surface area contributed by atoms with Gasteiger partial charge in [0.25, 0.3) is 0 Å². The second-order valence-corrected chi connectivity index (χ2v) is 5.81. The highest BCUT2D eigenvalue weighted by molar-refractivity contribution is 7.11. The number of carbonyl (C=O) groups is 3. The van der Waals surface area contributed by atoms with Crippen molar-refractivity contribution >= 4 is 29.2 Å². The first-order chi connectivity index (χ1) is 9.79. The van der Waals surface area contributed by atoms with Crippen molar-refractivity contribution in [3.63, 3.8) is 0 Å². The van der Waals surface area contributed by atoms with Gasteiger partial charge in [-0.25, -0.2) is 14.6 Å². The molecule has 0 radical (unpaired) electrons. The number of primary amides is 1. The Morgan fingerprint density at radius 1 is 1.43 bits per heavy atom. The Bertz CT molecular complexity index is 531. The maximum absolute atomic E-state index is 11.8. The minimum absolute atomic E-state index is 0.0528. The van der Waals surface area contributed by atoms with Crippen molar-refractivity contribution in [1.82, 2.24) is 15.6 Å². The molecule has 0 aliphatic carbocycles. The van der Waals surface area contributed by atoms with Crippen molar-refractivity contribution in [2.45, 2.75) is 38.8 Å². The van der Waals surface area contributed by atoms with Crippen LogP contribution in [-0.4, -0.2) is 34.0 Å². The number of thiazole rings is 1. The van der Waals surface area contributed by atoms with Gasteiger partial charge >= 0.3 is 12.0 Å². The van der Waals surface area contributed by atoms with E-state index in [0.29, 0.717) is 0 Å². The number of aryl methyl sites for hydroxylation is 1. The second kappa shape index (κ2) is 7.58. The predicted molar refractivity (Wildman–Crippen MR) is 76.8 cm³/mol. The first kappa shape index (κ1) is 16.9. The Hall–Kier alpha value is -2.16. The molecule has 0 saturated heterocycles. The SMILES string of the molecule is Cc1cnc(C(C)NC(=O)N[C@H](CCC(N)=O)C(=O)O)s1. The lowest BCUT2D eigenvalue weighted by Crippen LogP contribution is -2.46. The number of nitrogens with one attached hydrogen (secondary N) is 2. The van der Waals surface area contributed by atoms with E-state index in [1.807, 2.05) is 6.92 Å². The zero-order valence-corrected chi connectivity index (χ0v) is 12.6. The first-order valence-corrected chi connectivity index (χ1v) is 7.11. The van der Waals surface area contributed by atoms with Crippen LogP contribution >= 0.6 is 11.3 Å². The van der Waals surface area contributed by atoms with Crippen LogP contribution in [0.5, 0.6) is 0 Å². The topological polar surface area (TPSA) is 134 Å². The summed E-state index contributed by atoms with van der Waals surface area (Å²) in [6.07, 6.45) is 1.53. The number of carboxylic acid groups (broad SMARTS) is 1. The largest absolute Gasteiger partial charge is 0.480 e. The summed E-state index contributed by atoms with van der Waals surface area (Å²) in [6, 6.07) is -2.13. The molecule has 1 rings (SSSR count). The highest BCUT2D eigenvalue weighted by atomic mass is 32.1. The molecule has 5 N–H and O–H groups in total. The molecule has 0 fully saturated rings. The molecule has 3 amide bonds. The maximum Gasteiger partial charge on any atom is 0.326 e. The van der Waals surface area contributed by atoms with E-state index in [1.165, 1.54) is 11.3 Å². The highest BCUT2D eigenvalue weighted by Crippen LogP contribution is 2.18. The average Bonchev–Trinajstić information content (AvgIpc) is 2.80. The van der Waals surface area contributed by atoms with Crippen LogP contribution in [0.1, 0.15) is 35.7 Å². The van der Waals surface area contributed by atoms with Crippen LogP contribution in [0.2, 0.25) is 0 Å². The second-order valence-electron chi connectivity index (χ2n) is 4.54. The zero-order valence-electron chi connectivity index (χ0n) is 11.8. The molecule has 1 aromatic rings. The number of rotatable bonds is 7. The van der Waals surface area contributed by atoms with Gasteiger partial charge in [0, 0.05) is 17.5 Å². The van der Waals surface area contributed by atoms with Crippen molar-refractivity contribution in [3.05, 3.63) is 16.1 Å². The minimum Gasteiger partial charge on any atom is -0.480 e. The molecule has 1 unspecified atom stereocenters. The number of aliphatic carboxylic acids is 1. The van der Waals surface area contributed by atoms with Crippen molar-refractivity contribution < 1.29 is 19.5 Å². The quantitative estimate of drug-likeness (QED) is 0.582. The molecule has 116 valence electrons. The number of hydrogen-bond donors (Lipinski definition) is 4. The van der Waals surface area contributed by atoms with Gasteiger partial charge in [-0.3, -0.25) is 4.79 Å². The summed E-state index contributed by atoms with van der Waals surface area (Å²) in [5.41, 5.74) is 4.96. The molecule has 1 aromatic heterocycles. The lowest BCUT2D eigenvalue weighted by molar-refractivity contribution is -0.139. The first-order valence-electron chi connectivity index (χ1n) is 6.30. The molecule has 21 heavy (non-hydrogen) atoms. The molecule has 0 saturated carbocycles. The lowest BCUT2D eigenvalue weighted by atomic mass is 10.1. The van der Waals surface area contributed by atoms with Crippen molar-refractivity contribution in [2.75, 3.05) is 0 Å². The van der Waals surface area contributed by atoms with E-state index in [4.69, 9.17) is 10.8 Å². The normalized spacial score (nSPS) is 13.2. The van der Waals surface area contributed by atoms with Crippen LogP contribution in [0.15, 0.2) is 6.20 Å². The Kier molecular flexibility index (Phi) is 6.10. The van der Waals surface area contributed by atoms with Gasteiger partial charge in [0.05, 0.1) is 6.04 Å². The Morgan fingerprint density at radius 2 is 2.10 bits per heavy atom. The van der Waals surface area contributed by atoms with Crippen LogP contribution in [-0.2, 0) is 9.59 Å². The number of aromatic nitrogens is 1. The van der Waals surface area contributed by atoms with Gasteiger partial charge in [-0.05, 0) is 20.3 Å². The van der Waals surface area contributed by atoms with E-state index in [-0.39, 0.29) is 18.9 Å². The van der Waals surface area contributed by atoms with Gasteiger partial charge in [-0.2, -0.15) is 0 Å². The van der Waals surface area contributed by atoms with Gasteiger partial charge in [0.15, 0.2) is 0 Å². The average molecular weight is 314 g/mol. The molecule has 9 heteroatoms. The van der Waals surface area contributed by atoms with E-state index >= 15 is 0 Å². The van der Waals surface area contributed by atoms with E-state index in [2.05, 4.69) is 15.6 Å². The fraction of sp³-hybridized carbons (Fsp3) is 0.500. The fourth-order valence-corrected chi connectivity index (χ4v) is 2.35. The standard InChI is InChI=1S/C12H18N4O4S/c1-6-5-14-10(21-6)7(2)15-12(20)16-8(11(18)19)3-4-9(13)17/h5,7-8H,3-4H2,1-2H3,(H2,13,17)(H,18,19)(H2,15,16,20)/t7?,8-/m1/s1. The molecule has 0 aromatic carbocycles. The number of carboxylic acids is 1. The van der Waals surface area contributed by atoms with E-state index in [9.17, 15) is 14.4 Å². The monoisotopic (exact) mass is 314 g/mol. The Balaban J connectivity index is 2.53. The molecule has 0 spiro atoms. The Morgan fingerprint density at radius 3 is 2.57 bits per heavy atom. The zero-order chi connectivity index (χ0) is 16.0. The Labute approximate surface area is 125 Å². The summed E-state index contributed by atoms with van der Waals surface area (Å²) >= 11 is 1.45. The number of nitrogens with two attached hydrogens (primary N) is 1. The van der Waals surface area contributed by atoms with Crippen molar-refractivity contribution in [1.29, 1.82) is 0 Å². The summed E-state index contributed by atoms with van der Waals surface area (Å²) in [5, 5.41) is 14.6. The third kappa shape index (κ3) is 5.78. The van der Waals surface area contributed by atoms with Crippen LogP contribution in [0.3, 0.4) is 0 Å². The van der Waals surface area contributed by atoms with Crippen LogP contribution in [0.4, 0.5) is 4.79 Å². The molecule has 0 aliphatic rings. The highest BCUT2D eigenvalue weighted by Gasteiger charge is 2.21. The number of nitrogens with zero attached hydrogens (tertiary/aromatic N) is 1. The minimum atomic E-state index is -1.22. The van der Waals surface area contributed by atoms with Crippen LogP contribution in [0, 0.1) is 6.92 Å². The number of urea groups is 1. The van der Waals surface area contributed by atoms with Gasteiger partial charge < -0.3 is 21.5 Å². The van der Waals surface area contributed by atoms with Gasteiger partial charge in [0.2, 0.25) is 5.91 Å². The number of carbonyl (C=O) groups excluding carboxylic acids is 2. The summed E-state index contributed by atoms with van der Waals surface area (Å²) in [4.78, 5) is 38.6.